The lowest BCUT2D eigenvalue weighted by atomic mass is 10.1. The first-order chi connectivity index (χ1) is 5.11. The van der Waals surface area contributed by atoms with E-state index < -0.39 is 5.97 Å². The Morgan fingerprint density at radius 1 is 1.73 bits per heavy atom. The first kappa shape index (κ1) is 10.0. The van der Waals surface area contributed by atoms with Gasteiger partial charge in [-0.3, -0.25) is 0 Å². The van der Waals surface area contributed by atoms with Gasteiger partial charge in [-0.15, -0.1) is 0 Å². The van der Waals surface area contributed by atoms with E-state index in [4.69, 9.17) is 5.73 Å². The average molecular weight is 157 g/mol. The Labute approximate surface area is 67.2 Å². The number of esters is 1. The summed E-state index contributed by atoms with van der Waals surface area (Å²) in [5.74, 6) is -0.126. The zero-order valence-corrected chi connectivity index (χ0v) is 7.26. The fourth-order valence-electron chi connectivity index (χ4n) is 0.610. The Morgan fingerprint density at radius 2 is 2.27 bits per heavy atom. The van der Waals surface area contributed by atoms with Crippen molar-refractivity contribution in [1.29, 1.82) is 0 Å². The van der Waals surface area contributed by atoms with Crippen molar-refractivity contribution in [1.82, 2.24) is 0 Å². The number of carbonyl (C=O) groups is 1. The highest BCUT2D eigenvalue weighted by molar-refractivity contribution is 5.87. The third-order valence-corrected chi connectivity index (χ3v) is 1.53. The van der Waals surface area contributed by atoms with Crippen molar-refractivity contribution in [3.63, 3.8) is 0 Å². The maximum atomic E-state index is 10.7. The molecule has 0 rings (SSSR count). The highest BCUT2D eigenvalue weighted by Crippen LogP contribution is 2.04. The highest BCUT2D eigenvalue weighted by Gasteiger charge is 2.04. The Kier molecular flexibility index (Phi) is 4.34. The van der Waals surface area contributed by atoms with Crippen LogP contribution in [-0.4, -0.2) is 13.1 Å². The van der Waals surface area contributed by atoms with Crippen LogP contribution in [0.4, 0.5) is 0 Å². The molecule has 11 heavy (non-hydrogen) atoms. The van der Waals surface area contributed by atoms with Crippen molar-refractivity contribution in [2.24, 2.45) is 11.7 Å². The van der Waals surface area contributed by atoms with Crippen molar-refractivity contribution < 1.29 is 9.53 Å². The van der Waals surface area contributed by atoms with Crippen LogP contribution in [0, 0.1) is 5.92 Å². The molecule has 1 atom stereocenters. The standard InChI is InChI=1S/C8H15NO2/c1-4-6(2)5-7(9)8(10)11-3/h5-6H,4,9H2,1-3H3/b7-5-. The summed E-state index contributed by atoms with van der Waals surface area (Å²) in [7, 11) is 1.32. The number of rotatable bonds is 3. The average Bonchev–Trinajstić information content (AvgIpc) is 2.02. The molecule has 0 saturated carbocycles. The van der Waals surface area contributed by atoms with Crippen LogP contribution in [0.15, 0.2) is 11.8 Å². The normalized spacial score (nSPS) is 14.3. The molecule has 0 radical (unpaired) electrons. The Bertz CT molecular complexity index is 163. The van der Waals surface area contributed by atoms with Gasteiger partial charge >= 0.3 is 5.97 Å². The van der Waals surface area contributed by atoms with Gasteiger partial charge in [0.25, 0.3) is 0 Å². The summed E-state index contributed by atoms with van der Waals surface area (Å²) >= 11 is 0. The van der Waals surface area contributed by atoms with Crippen LogP contribution < -0.4 is 5.73 Å². The smallest absolute Gasteiger partial charge is 0.353 e. The minimum Gasteiger partial charge on any atom is -0.464 e. The van der Waals surface area contributed by atoms with E-state index in [1.807, 2.05) is 13.8 Å². The van der Waals surface area contributed by atoms with E-state index in [0.717, 1.165) is 6.42 Å². The van der Waals surface area contributed by atoms with Gasteiger partial charge in [0.05, 0.1) is 7.11 Å². The molecule has 0 bridgehead atoms. The Hall–Kier alpha value is -0.990. The molecule has 3 nitrogen and oxygen atoms in total. The van der Waals surface area contributed by atoms with Crippen LogP contribution >= 0.6 is 0 Å². The van der Waals surface area contributed by atoms with Gasteiger partial charge in [-0.1, -0.05) is 19.9 Å². The molecular weight excluding hydrogens is 142 g/mol. The zero-order valence-electron chi connectivity index (χ0n) is 7.26. The molecule has 0 saturated heterocycles. The molecule has 3 heteroatoms. The first-order valence-electron chi connectivity index (χ1n) is 3.67. The topological polar surface area (TPSA) is 52.3 Å². The summed E-state index contributed by atoms with van der Waals surface area (Å²) in [6.07, 6.45) is 2.68. The largest absolute Gasteiger partial charge is 0.464 e. The van der Waals surface area contributed by atoms with Crippen LogP contribution in [0.25, 0.3) is 0 Å². The second kappa shape index (κ2) is 4.77. The molecule has 2 N–H and O–H groups in total. The number of ether oxygens (including phenoxy) is 1. The molecule has 0 heterocycles. The van der Waals surface area contributed by atoms with Gasteiger partial charge in [0.2, 0.25) is 0 Å². The third-order valence-electron chi connectivity index (χ3n) is 1.53. The summed E-state index contributed by atoms with van der Waals surface area (Å²) in [5, 5.41) is 0. The fourth-order valence-corrected chi connectivity index (χ4v) is 0.610. The second-order valence-electron chi connectivity index (χ2n) is 2.50. The maximum Gasteiger partial charge on any atom is 0.353 e. The summed E-state index contributed by atoms with van der Waals surface area (Å²) in [6.45, 7) is 4.03. The molecule has 0 aliphatic heterocycles. The van der Waals surface area contributed by atoms with E-state index in [9.17, 15) is 4.79 Å². The first-order valence-corrected chi connectivity index (χ1v) is 3.67. The van der Waals surface area contributed by atoms with Crippen molar-refractivity contribution in [2.75, 3.05) is 7.11 Å². The van der Waals surface area contributed by atoms with Crippen LogP contribution in [0.5, 0.6) is 0 Å². The molecule has 1 unspecified atom stereocenters. The zero-order chi connectivity index (χ0) is 8.85. The van der Waals surface area contributed by atoms with Crippen molar-refractivity contribution in [3.05, 3.63) is 11.8 Å². The lowest BCUT2D eigenvalue weighted by molar-refractivity contribution is -0.136. The molecule has 0 aliphatic rings. The van der Waals surface area contributed by atoms with E-state index in [1.54, 1.807) is 6.08 Å². The number of hydrogen-bond acceptors (Lipinski definition) is 3. The SMILES string of the molecule is CCC(C)/C=C(\N)C(=O)OC. The summed E-state index contributed by atoms with van der Waals surface area (Å²) < 4.78 is 4.43. The van der Waals surface area contributed by atoms with Gasteiger partial charge in [-0.2, -0.15) is 0 Å². The van der Waals surface area contributed by atoms with Gasteiger partial charge in [-0.05, 0) is 12.3 Å². The van der Waals surface area contributed by atoms with Crippen LogP contribution in [0.1, 0.15) is 20.3 Å². The van der Waals surface area contributed by atoms with Gasteiger partial charge in [0.15, 0.2) is 0 Å². The molecule has 0 spiro atoms. The van der Waals surface area contributed by atoms with Gasteiger partial charge in [-0.25, -0.2) is 4.79 Å². The van der Waals surface area contributed by atoms with Gasteiger partial charge in [0, 0.05) is 0 Å². The van der Waals surface area contributed by atoms with E-state index in [2.05, 4.69) is 4.74 Å². The molecule has 0 aromatic heterocycles. The second-order valence-corrected chi connectivity index (χ2v) is 2.50. The lowest BCUT2D eigenvalue weighted by Gasteiger charge is -2.02. The maximum absolute atomic E-state index is 10.7. The quantitative estimate of drug-likeness (QED) is 0.492. The van der Waals surface area contributed by atoms with Gasteiger partial charge < -0.3 is 10.5 Å². The Balaban J connectivity index is 4.09. The summed E-state index contributed by atoms with van der Waals surface area (Å²) in [5.41, 5.74) is 5.59. The molecule has 64 valence electrons. The molecule has 0 aromatic rings. The molecular formula is C8H15NO2. The predicted octanol–water partition coefficient (Wildman–Crippen LogP) is 1.05. The van der Waals surface area contributed by atoms with Crippen LogP contribution in [0.3, 0.4) is 0 Å². The summed E-state index contributed by atoms with van der Waals surface area (Å²) in [4.78, 5) is 10.7. The number of hydrogen-bond donors (Lipinski definition) is 1. The van der Waals surface area contributed by atoms with Gasteiger partial charge in [0.1, 0.15) is 5.70 Å². The number of methoxy groups -OCH3 is 1. The lowest BCUT2D eigenvalue weighted by Crippen LogP contribution is -2.13. The monoisotopic (exact) mass is 157 g/mol. The Morgan fingerprint density at radius 3 is 2.64 bits per heavy atom. The third kappa shape index (κ3) is 3.65. The number of nitrogens with two attached hydrogens (primary N) is 1. The molecule has 0 aliphatic carbocycles. The van der Waals surface area contributed by atoms with Crippen molar-refractivity contribution >= 4 is 5.97 Å². The summed E-state index contributed by atoms with van der Waals surface area (Å²) in [6, 6.07) is 0. The number of allylic oxidation sites excluding steroid dienone is 1. The minimum absolute atomic E-state index is 0.196. The van der Waals surface area contributed by atoms with Crippen LogP contribution in [0.2, 0.25) is 0 Å². The van der Waals surface area contributed by atoms with Crippen LogP contribution in [-0.2, 0) is 9.53 Å². The van der Waals surface area contributed by atoms with Crippen molar-refractivity contribution in [3.8, 4) is 0 Å². The molecule has 0 fully saturated rings. The fraction of sp³-hybridized carbons (Fsp3) is 0.625. The highest BCUT2D eigenvalue weighted by atomic mass is 16.5. The van der Waals surface area contributed by atoms with E-state index in [0.29, 0.717) is 5.92 Å². The van der Waals surface area contributed by atoms with E-state index in [-0.39, 0.29) is 5.70 Å². The van der Waals surface area contributed by atoms with E-state index >= 15 is 0 Å². The predicted molar refractivity (Wildman–Crippen MR) is 43.7 cm³/mol. The van der Waals surface area contributed by atoms with E-state index in [1.165, 1.54) is 7.11 Å². The molecule has 0 aromatic carbocycles. The molecule has 0 amide bonds. The minimum atomic E-state index is -0.453. The van der Waals surface area contributed by atoms with Crippen molar-refractivity contribution in [2.45, 2.75) is 20.3 Å². The number of carbonyl (C=O) groups excluding carboxylic acids is 1.